The van der Waals surface area contributed by atoms with Crippen LogP contribution in [0.1, 0.15) is 6.92 Å². The van der Waals surface area contributed by atoms with Gasteiger partial charge in [-0.15, -0.1) is 0 Å². The van der Waals surface area contributed by atoms with E-state index in [0.29, 0.717) is 5.84 Å². The summed E-state index contributed by atoms with van der Waals surface area (Å²) < 4.78 is 23.2. The molecule has 3 rings (SSSR count). The van der Waals surface area contributed by atoms with Crippen LogP contribution in [0.5, 0.6) is 0 Å². The standard InChI is InChI=1S/C21H24N4O2S/c1-5-15(14-25(3)6-2)19-13-23-20-18(19)11-12-22-21(20)24-16-7-9-17(10-8-16)28(4,26)27/h5,7-14,18H,1,6H2,2-4H3,(H,22,24)/b15-14+. The van der Waals surface area contributed by atoms with Crippen LogP contribution in [0.2, 0.25) is 0 Å². The minimum Gasteiger partial charge on any atom is -0.380 e. The first-order valence-corrected chi connectivity index (χ1v) is 10.9. The highest BCUT2D eigenvalue weighted by atomic mass is 32.2. The molecule has 0 radical (unpaired) electrons. The molecule has 1 aromatic rings. The van der Waals surface area contributed by atoms with Crippen LogP contribution < -0.4 is 5.32 Å². The zero-order valence-corrected chi connectivity index (χ0v) is 17.1. The molecule has 0 aliphatic carbocycles. The smallest absolute Gasteiger partial charge is 0.175 e. The molecule has 1 unspecified atom stereocenters. The maximum absolute atomic E-state index is 11.6. The van der Waals surface area contributed by atoms with Gasteiger partial charge in [0.2, 0.25) is 0 Å². The van der Waals surface area contributed by atoms with Crippen LogP contribution in [0.25, 0.3) is 0 Å². The van der Waals surface area contributed by atoms with Gasteiger partial charge < -0.3 is 10.2 Å². The second kappa shape index (κ2) is 7.98. The fraction of sp³-hybridized carbons (Fsp3) is 0.238. The normalized spacial score (nSPS) is 18.8. The molecule has 0 bridgehead atoms. The molecule has 0 aromatic heterocycles. The van der Waals surface area contributed by atoms with Crippen molar-refractivity contribution >= 4 is 27.1 Å². The van der Waals surface area contributed by atoms with Crippen molar-refractivity contribution in [1.29, 1.82) is 0 Å². The van der Waals surface area contributed by atoms with Gasteiger partial charge in [0, 0.05) is 44.1 Å². The highest BCUT2D eigenvalue weighted by Gasteiger charge is 2.30. The Hall–Kier alpha value is -2.93. The maximum atomic E-state index is 11.6. The fourth-order valence-electron chi connectivity index (χ4n) is 2.97. The van der Waals surface area contributed by atoms with Gasteiger partial charge in [0.15, 0.2) is 15.7 Å². The maximum Gasteiger partial charge on any atom is 0.175 e. The minimum atomic E-state index is -3.22. The third-order valence-corrected chi connectivity index (χ3v) is 5.78. The van der Waals surface area contributed by atoms with Crippen LogP contribution in [-0.4, -0.2) is 44.7 Å². The van der Waals surface area contributed by atoms with Gasteiger partial charge >= 0.3 is 0 Å². The van der Waals surface area contributed by atoms with Crippen molar-refractivity contribution < 1.29 is 8.42 Å². The van der Waals surface area contributed by atoms with Crippen LogP contribution >= 0.6 is 0 Å². The summed E-state index contributed by atoms with van der Waals surface area (Å²) in [6.07, 6.45) is 10.7. The zero-order chi connectivity index (χ0) is 20.3. The highest BCUT2D eigenvalue weighted by Crippen LogP contribution is 2.31. The lowest BCUT2D eigenvalue weighted by atomic mass is 9.89. The number of fused-ring (bicyclic) bond motifs is 1. The van der Waals surface area contributed by atoms with Crippen molar-refractivity contribution in [1.82, 2.24) is 4.90 Å². The number of hydrogen-bond acceptors (Lipinski definition) is 6. The van der Waals surface area contributed by atoms with E-state index in [1.807, 2.05) is 25.4 Å². The Bertz CT molecular complexity index is 1030. The number of nitrogens with one attached hydrogen (secondary N) is 1. The summed E-state index contributed by atoms with van der Waals surface area (Å²) >= 11 is 0. The average Bonchev–Trinajstić information content (AvgIpc) is 3.10. The molecule has 0 amide bonds. The molecule has 0 fully saturated rings. The van der Waals surface area contributed by atoms with Gasteiger partial charge in [-0.05, 0) is 42.3 Å². The lowest BCUT2D eigenvalue weighted by Crippen LogP contribution is -2.30. The van der Waals surface area contributed by atoms with E-state index in [-0.39, 0.29) is 10.8 Å². The summed E-state index contributed by atoms with van der Waals surface area (Å²) in [5.41, 5.74) is 3.68. The van der Waals surface area contributed by atoms with E-state index in [1.165, 1.54) is 6.26 Å². The molecule has 2 aliphatic heterocycles. The lowest BCUT2D eigenvalue weighted by Gasteiger charge is -2.21. The van der Waals surface area contributed by atoms with Gasteiger partial charge in [-0.2, -0.15) is 0 Å². The van der Waals surface area contributed by atoms with Crippen molar-refractivity contribution in [2.75, 3.05) is 25.2 Å². The highest BCUT2D eigenvalue weighted by molar-refractivity contribution is 7.90. The molecule has 1 atom stereocenters. The number of anilines is 1. The number of hydrogen-bond donors (Lipinski definition) is 1. The Morgan fingerprint density at radius 3 is 2.61 bits per heavy atom. The van der Waals surface area contributed by atoms with E-state index in [0.717, 1.165) is 29.1 Å². The van der Waals surface area contributed by atoms with Crippen LogP contribution in [-0.2, 0) is 9.84 Å². The number of sulfone groups is 1. The molecular weight excluding hydrogens is 372 g/mol. The van der Waals surface area contributed by atoms with Crippen molar-refractivity contribution in [3.05, 3.63) is 72.7 Å². The molecule has 2 heterocycles. The molecule has 7 heteroatoms. The molecule has 0 saturated heterocycles. The number of nitrogens with zero attached hydrogens (tertiary/aromatic N) is 3. The van der Waals surface area contributed by atoms with Crippen molar-refractivity contribution in [2.24, 2.45) is 15.9 Å². The summed E-state index contributed by atoms with van der Waals surface area (Å²) in [6, 6.07) is 6.60. The third kappa shape index (κ3) is 4.14. The van der Waals surface area contributed by atoms with Gasteiger partial charge in [-0.25, -0.2) is 13.4 Å². The molecule has 6 nitrogen and oxygen atoms in total. The molecule has 1 N–H and O–H groups in total. The predicted octanol–water partition coefficient (Wildman–Crippen LogP) is 3.40. The van der Waals surface area contributed by atoms with Gasteiger partial charge in [0.05, 0.1) is 16.5 Å². The van der Waals surface area contributed by atoms with Crippen LogP contribution in [0.4, 0.5) is 5.69 Å². The Labute approximate surface area is 166 Å². The molecule has 0 spiro atoms. The Balaban J connectivity index is 1.79. The lowest BCUT2D eigenvalue weighted by molar-refractivity contribution is 0.481. The van der Waals surface area contributed by atoms with Gasteiger partial charge in [-0.1, -0.05) is 18.7 Å². The summed E-state index contributed by atoms with van der Waals surface area (Å²) in [4.78, 5) is 11.4. The monoisotopic (exact) mass is 396 g/mol. The van der Waals surface area contributed by atoms with E-state index in [4.69, 9.17) is 0 Å². The SMILES string of the molecule is C=C/C(=C\N(C)CC)C1=CN=C2C(Nc3ccc(S(C)(=O)=O)cc3)=NC=CC12. The van der Waals surface area contributed by atoms with E-state index < -0.39 is 9.84 Å². The van der Waals surface area contributed by atoms with Crippen LogP contribution in [0.15, 0.2) is 87.6 Å². The van der Waals surface area contributed by atoms with Crippen molar-refractivity contribution in [3.8, 4) is 0 Å². The number of amidine groups is 1. The van der Waals surface area contributed by atoms with Crippen molar-refractivity contribution in [3.63, 3.8) is 0 Å². The number of rotatable bonds is 6. The largest absolute Gasteiger partial charge is 0.380 e. The summed E-state index contributed by atoms with van der Waals surface area (Å²) in [5.74, 6) is 0.655. The first kappa shape index (κ1) is 19.8. The second-order valence-electron chi connectivity index (χ2n) is 6.68. The van der Waals surface area contributed by atoms with Crippen LogP contribution in [0.3, 0.4) is 0 Å². The van der Waals surface area contributed by atoms with Gasteiger partial charge in [0.25, 0.3) is 0 Å². The fourth-order valence-corrected chi connectivity index (χ4v) is 3.60. The Morgan fingerprint density at radius 2 is 2.00 bits per heavy atom. The van der Waals surface area contributed by atoms with E-state index >= 15 is 0 Å². The summed E-state index contributed by atoms with van der Waals surface area (Å²) in [6.45, 7) is 6.93. The van der Waals surface area contributed by atoms with Gasteiger partial charge in [-0.3, -0.25) is 4.99 Å². The minimum absolute atomic E-state index is 0.00444. The van der Waals surface area contributed by atoms with E-state index in [2.05, 4.69) is 39.9 Å². The average molecular weight is 397 g/mol. The number of benzene rings is 1. The quantitative estimate of drug-likeness (QED) is 0.748. The molecule has 1 aromatic carbocycles. The van der Waals surface area contributed by atoms with E-state index in [1.54, 1.807) is 30.5 Å². The Kier molecular flexibility index (Phi) is 5.65. The number of aliphatic imine (C=N–C) groups is 2. The van der Waals surface area contributed by atoms with Crippen molar-refractivity contribution in [2.45, 2.75) is 11.8 Å². The third-order valence-electron chi connectivity index (χ3n) is 4.65. The Morgan fingerprint density at radius 1 is 1.29 bits per heavy atom. The zero-order valence-electron chi connectivity index (χ0n) is 16.3. The molecule has 28 heavy (non-hydrogen) atoms. The summed E-state index contributed by atoms with van der Waals surface area (Å²) in [5, 5.41) is 3.24. The first-order valence-electron chi connectivity index (χ1n) is 8.98. The second-order valence-corrected chi connectivity index (χ2v) is 8.69. The molecule has 2 aliphatic rings. The van der Waals surface area contributed by atoms with Gasteiger partial charge in [0.1, 0.15) is 0 Å². The number of allylic oxidation sites excluding steroid dienone is 4. The topological polar surface area (TPSA) is 74.1 Å². The molecule has 146 valence electrons. The molecular formula is C21H24N4O2S. The summed E-state index contributed by atoms with van der Waals surface area (Å²) in [7, 11) is -1.20. The first-order chi connectivity index (χ1) is 13.3. The molecule has 0 saturated carbocycles. The van der Waals surface area contributed by atoms with E-state index in [9.17, 15) is 8.42 Å². The predicted molar refractivity (Wildman–Crippen MR) is 115 cm³/mol. The van der Waals surface area contributed by atoms with Crippen LogP contribution in [0, 0.1) is 5.92 Å².